The molecular formula is C19H22N2O4. The van der Waals surface area contributed by atoms with E-state index in [9.17, 15) is 9.59 Å². The lowest BCUT2D eigenvalue weighted by atomic mass is 9.77. The second-order valence-corrected chi connectivity index (χ2v) is 7.60. The Morgan fingerprint density at radius 3 is 2.96 bits per heavy atom. The van der Waals surface area contributed by atoms with E-state index in [1.165, 1.54) is 12.8 Å². The van der Waals surface area contributed by atoms with Crippen LogP contribution in [-0.4, -0.2) is 41.0 Å². The van der Waals surface area contributed by atoms with Crippen LogP contribution in [0.25, 0.3) is 0 Å². The van der Waals surface area contributed by atoms with Gasteiger partial charge in [-0.15, -0.1) is 0 Å². The summed E-state index contributed by atoms with van der Waals surface area (Å²) in [4.78, 5) is 27.9. The molecule has 5 rings (SSSR count). The Morgan fingerprint density at radius 2 is 2.20 bits per heavy atom. The van der Waals surface area contributed by atoms with Gasteiger partial charge in [0.15, 0.2) is 0 Å². The minimum atomic E-state index is -0.600. The average Bonchev–Trinajstić information content (AvgIpc) is 3.39. The average molecular weight is 342 g/mol. The third kappa shape index (κ3) is 2.20. The van der Waals surface area contributed by atoms with Gasteiger partial charge in [0.25, 0.3) is 0 Å². The van der Waals surface area contributed by atoms with Gasteiger partial charge in [-0.2, -0.15) is 0 Å². The number of amides is 2. The third-order valence-electron chi connectivity index (χ3n) is 6.21. The molecular weight excluding hydrogens is 320 g/mol. The molecule has 0 radical (unpaired) electrons. The van der Waals surface area contributed by atoms with E-state index in [2.05, 4.69) is 5.32 Å². The summed E-state index contributed by atoms with van der Waals surface area (Å²) in [6.07, 6.45) is 9.76. The van der Waals surface area contributed by atoms with Crippen molar-refractivity contribution >= 4 is 11.8 Å². The Balaban J connectivity index is 1.36. The SMILES string of the molecule is O=C(NCc1ccco1)[C@@H]1[C@H]2C(=O)N(C3CCCC3)C[C@]23C=C[C@H]1O3. The van der Waals surface area contributed by atoms with Crippen LogP contribution in [0.3, 0.4) is 0 Å². The lowest BCUT2D eigenvalue weighted by Crippen LogP contribution is -2.44. The van der Waals surface area contributed by atoms with Crippen LogP contribution in [-0.2, 0) is 20.9 Å². The number of rotatable bonds is 4. The summed E-state index contributed by atoms with van der Waals surface area (Å²) >= 11 is 0. The molecule has 1 aliphatic carbocycles. The fourth-order valence-electron chi connectivity index (χ4n) is 5.06. The lowest BCUT2D eigenvalue weighted by Gasteiger charge is -2.26. The number of nitrogens with zero attached hydrogens (tertiary/aromatic N) is 1. The van der Waals surface area contributed by atoms with Gasteiger partial charge in [0.05, 0.1) is 37.3 Å². The highest BCUT2D eigenvalue weighted by molar-refractivity contribution is 5.93. The minimum Gasteiger partial charge on any atom is -0.467 e. The van der Waals surface area contributed by atoms with Crippen LogP contribution in [0.4, 0.5) is 0 Å². The summed E-state index contributed by atoms with van der Waals surface area (Å²) in [6.45, 7) is 0.926. The predicted molar refractivity (Wildman–Crippen MR) is 88.2 cm³/mol. The predicted octanol–water partition coefficient (Wildman–Crippen LogP) is 1.62. The van der Waals surface area contributed by atoms with Gasteiger partial charge < -0.3 is 19.4 Å². The second-order valence-electron chi connectivity index (χ2n) is 7.60. The van der Waals surface area contributed by atoms with Crippen molar-refractivity contribution in [1.29, 1.82) is 0 Å². The maximum atomic E-state index is 13.1. The van der Waals surface area contributed by atoms with Crippen molar-refractivity contribution in [3.8, 4) is 0 Å². The van der Waals surface area contributed by atoms with E-state index in [0.717, 1.165) is 12.8 Å². The van der Waals surface area contributed by atoms with Crippen molar-refractivity contribution in [2.24, 2.45) is 11.8 Å². The van der Waals surface area contributed by atoms with Crippen LogP contribution < -0.4 is 5.32 Å². The van der Waals surface area contributed by atoms with E-state index in [-0.39, 0.29) is 23.8 Å². The molecule has 1 aromatic heterocycles. The number of carbonyl (C=O) groups is 2. The molecule has 4 atom stereocenters. The van der Waals surface area contributed by atoms with Gasteiger partial charge >= 0.3 is 0 Å². The van der Waals surface area contributed by atoms with Gasteiger partial charge in [0.2, 0.25) is 11.8 Å². The van der Waals surface area contributed by atoms with Crippen molar-refractivity contribution in [1.82, 2.24) is 10.2 Å². The van der Waals surface area contributed by atoms with Crippen molar-refractivity contribution in [3.63, 3.8) is 0 Å². The zero-order valence-corrected chi connectivity index (χ0v) is 14.0. The summed E-state index contributed by atoms with van der Waals surface area (Å²) in [5.74, 6) is -0.164. The first-order chi connectivity index (χ1) is 12.2. The molecule has 6 heteroatoms. The molecule has 1 N–H and O–H groups in total. The standard InChI is InChI=1S/C19H22N2O4/c22-17(20-10-13-6-3-9-24-13)15-14-7-8-19(25-14)11-21(18(23)16(15)19)12-4-1-2-5-12/h3,6-9,12,14-16H,1-2,4-5,10-11H2,(H,20,22)/t14-,15+,16+,19-/m1/s1. The molecule has 2 saturated heterocycles. The highest BCUT2D eigenvalue weighted by Crippen LogP contribution is 2.52. The smallest absolute Gasteiger partial charge is 0.230 e. The van der Waals surface area contributed by atoms with Crippen LogP contribution in [0, 0.1) is 11.8 Å². The van der Waals surface area contributed by atoms with Gasteiger partial charge in [-0.1, -0.05) is 25.0 Å². The number of carbonyl (C=O) groups excluding carboxylic acids is 2. The summed E-state index contributed by atoms with van der Waals surface area (Å²) in [7, 11) is 0. The molecule has 2 bridgehead atoms. The van der Waals surface area contributed by atoms with Crippen LogP contribution in [0.1, 0.15) is 31.4 Å². The Labute approximate surface area is 146 Å². The number of likely N-dealkylation sites (tertiary alicyclic amines) is 1. The summed E-state index contributed by atoms with van der Waals surface area (Å²) < 4.78 is 11.4. The van der Waals surface area contributed by atoms with Gasteiger partial charge in [-0.3, -0.25) is 9.59 Å². The molecule has 0 aromatic carbocycles. The third-order valence-corrected chi connectivity index (χ3v) is 6.21. The molecule has 3 fully saturated rings. The normalized spacial score (nSPS) is 36.4. The van der Waals surface area contributed by atoms with E-state index in [4.69, 9.17) is 9.15 Å². The van der Waals surface area contributed by atoms with Crippen LogP contribution in [0.15, 0.2) is 35.0 Å². The van der Waals surface area contributed by atoms with Crippen LogP contribution in [0.5, 0.6) is 0 Å². The molecule has 1 spiro atoms. The van der Waals surface area contributed by atoms with E-state index < -0.39 is 11.5 Å². The van der Waals surface area contributed by atoms with Gasteiger partial charge in [-0.25, -0.2) is 0 Å². The summed E-state index contributed by atoms with van der Waals surface area (Å²) in [5.41, 5.74) is -0.600. The summed E-state index contributed by atoms with van der Waals surface area (Å²) in [5, 5.41) is 2.91. The molecule has 25 heavy (non-hydrogen) atoms. The van der Waals surface area contributed by atoms with Crippen molar-refractivity contribution in [2.75, 3.05) is 6.54 Å². The van der Waals surface area contributed by atoms with Crippen molar-refractivity contribution in [3.05, 3.63) is 36.3 Å². The first kappa shape index (κ1) is 15.2. The number of hydrogen-bond acceptors (Lipinski definition) is 4. The Kier molecular flexibility index (Phi) is 3.32. The molecule has 4 heterocycles. The van der Waals surface area contributed by atoms with Crippen LogP contribution >= 0.6 is 0 Å². The van der Waals surface area contributed by atoms with E-state index in [1.807, 2.05) is 23.1 Å². The monoisotopic (exact) mass is 342 g/mol. The molecule has 0 unspecified atom stereocenters. The molecule has 6 nitrogen and oxygen atoms in total. The molecule has 132 valence electrons. The Bertz CT molecular complexity index is 722. The highest BCUT2D eigenvalue weighted by atomic mass is 16.5. The van der Waals surface area contributed by atoms with Crippen LogP contribution in [0.2, 0.25) is 0 Å². The van der Waals surface area contributed by atoms with Crippen molar-refractivity contribution in [2.45, 2.75) is 50.0 Å². The fourth-order valence-corrected chi connectivity index (χ4v) is 5.06. The largest absolute Gasteiger partial charge is 0.467 e. The molecule has 4 aliphatic rings. The summed E-state index contributed by atoms with van der Waals surface area (Å²) in [6, 6.07) is 3.93. The first-order valence-corrected chi connectivity index (χ1v) is 9.16. The molecule has 1 saturated carbocycles. The Hall–Kier alpha value is -2.08. The Morgan fingerprint density at radius 1 is 1.36 bits per heavy atom. The quantitative estimate of drug-likeness (QED) is 0.844. The van der Waals surface area contributed by atoms with Gasteiger partial charge in [-0.05, 0) is 25.0 Å². The number of nitrogens with one attached hydrogen (secondary N) is 1. The maximum Gasteiger partial charge on any atom is 0.230 e. The number of fused-ring (bicyclic) bond motifs is 1. The number of furan rings is 1. The van der Waals surface area contributed by atoms with Gasteiger partial charge in [0.1, 0.15) is 11.4 Å². The van der Waals surface area contributed by atoms with E-state index in [0.29, 0.717) is 24.9 Å². The second kappa shape index (κ2) is 5.46. The van der Waals surface area contributed by atoms with E-state index >= 15 is 0 Å². The first-order valence-electron chi connectivity index (χ1n) is 9.16. The zero-order chi connectivity index (χ0) is 17.0. The molecule has 1 aromatic rings. The zero-order valence-electron chi connectivity index (χ0n) is 14.0. The number of ether oxygens (including phenoxy) is 1. The van der Waals surface area contributed by atoms with Gasteiger partial charge in [0, 0.05) is 6.04 Å². The fraction of sp³-hybridized carbons (Fsp3) is 0.579. The molecule has 3 aliphatic heterocycles. The topological polar surface area (TPSA) is 71.8 Å². The maximum absolute atomic E-state index is 13.1. The lowest BCUT2D eigenvalue weighted by molar-refractivity contribution is -0.138. The minimum absolute atomic E-state index is 0.0944. The van der Waals surface area contributed by atoms with Crippen molar-refractivity contribution < 1.29 is 18.7 Å². The molecule has 2 amide bonds. The number of hydrogen-bond donors (Lipinski definition) is 1. The highest BCUT2D eigenvalue weighted by Gasteiger charge is 2.67. The van der Waals surface area contributed by atoms with E-state index in [1.54, 1.807) is 12.3 Å².